The predicted octanol–water partition coefficient (Wildman–Crippen LogP) is 4.05. The monoisotopic (exact) mass is 346 g/mol. The molecule has 0 aliphatic carbocycles. The lowest BCUT2D eigenvalue weighted by Gasteiger charge is -2.05. The number of ether oxygens (including phenoxy) is 1. The molecule has 0 fully saturated rings. The molecule has 2 aromatic rings. The van der Waals surface area contributed by atoms with Crippen molar-refractivity contribution in [1.82, 2.24) is 0 Å². The zero-order chi connectivity index (χ0) is 15.2. The van der Waals surface area contributed by atoms with Gasteiger partial charge in [0, 0.05) is 10.0 Å². The quantitative estimate of drug-likeness (QED) is 0.605. The Hall–Kier alpha value is -1.94. The largest absolute Gasteiger partial charge is 0.454 e. The van der Waals surface area contributed by atoms with E-state index in [0.717, 1.165) is 10.9 Å². The highest BCUT2D eigenvalue weighted by Crippen LogP contribution is 2.12. The number of esters is 1. The van der Waals surface area contributed by atoms with E-state index in [4.69, 9.17) is 4.74 Å². The summed E-state index contributed by atoms with van der Waals surface area (Å²) >= 11 is 3.29. The number of halogens is 1. The van der Waals surface area contributed by atoms with Gasteiger partial charge in [0.15, 0.2) is 12.4 Å². The summed E-state index contributed by atoms with van der Waals surface area (Å²) in [5, 5.41) is 0. The number of aryl methyl sites for hydroxylation is 1. The molecule has 0 spiro atoms. The van der Waals surface area contributed by atoms with Crippen LogP contribution in [-0.4, -0.2) is 18.4 Å². The molecule has 2 aromatic carbocycles. The average Bonchev–Trinajstić information content (AvgIpc) is 2.53. The Balaban J connectivity index is 1.93. The van der Waals surface area contributed by atoms with Crippen LogP contribution in [-0.2, 0) is 11.2 Å². The molecule has 0 heterocycles. The second kappa shape index (κ2) is 7.18. The number of carbonyl (C=O) groups excluding carboxylic acids is 2. The fraction of sp³-hybridized carbons (Fsp3) is 0.176. The standard InChI is InChI=1S/C17H15BrO3/c1-2-12-3-5-13(6-4-12)16(19)11-21-17(20)14-7-9-15(18)10-8-14/h3-10H,2,11H2,1H3. The van der Waals surface area contributed by atoms with Crippen molar-refractivity contribution in [1.29, 1.82) is 0 Å². The summed E-state index contributed by atoms with van der Waals surface area (Å²) in [5.74, 6) is -0.704. The van der Waals surface area contributed by atoms with Gasteiger partial charge in [0.25, 0.3) is 0 Å². The molecule has 3 nitrogen and oxygen atoms in total. The number of benzene rings is 2. The second-order valence-electron chi connectivity index (χ2n) is 4.56. The molecule has 0 saturated heterocycles. The van der Waals surface area contributed by atoms with Gasteiger partial charge in [-0.3, -0.25) is 4.79 Å². The van der Waals surface area contributed by atoms with Crippen molar-refractivity contribution in [3.8, 4) is 0 Å². The summed E-state index contributed by atoms with van der Waals surface area (Å²) in [6.45, 7) is 1.80. The molecule has 0 bridgehead atoms. The minimum absolute atomic E-state index is 0.205. The van der Waals surface area contributed by atoms with E-state index in [1.54, 1.807) is 36.4 Å². The Morgan fingerprint density at radius 2 is 1.52 bits per heavy atom. The topological polar surface area (TPSA) is 43.4 Å². The van der Waals surface area contributed by atoms with Crippen molar-refractivity contribution in [2.45, 2.75) is 13.3 Å². The highest BCUT2D eigenvalue weighted by molar-refractivity contribution is 9.10. The van der Waals surface area contributed by atoms with Gasteiger partial charge in [0.05, 0.1) is 5.56 Å². The van der Waals surface area contributed by atoms with Crippen LogP contribution >= 0.6 is 15.9 Å². The number of Topliss-reactive ketones (excluding diaryl/α,β-unsaturated/α-hetero) is 1. The molecule has 0 aromatic heterocycles. The first-order valence-corrected chi connectivity index (χ1v) is 7.44. The Labute approximate surface area is 132 Å². The van der Waals surface area contributed by atoms with E-state index in [-0.39, 0.29) is 12.4 Å². The summed E-state index contributed by atoms with van der Waals surface area (Å²) in [7, 11) is 0. The predicted molar refractivity (Wildman–Crippen MR) is 84.6 cm³/mol. The van der Waals surface area contributed by atoms with Gasteiger partial charge in [0.1, 0.15) is 0 Å². The highest BCUT2D eigenvalue weighted by Gasteiger charge is 2.11. The minimum Gasteiger partial charge on any atom is -0.454 e. The van der Waals surface area contributed by atoms with Crippen molar-refractivity contribution in [3.05, 3.63) is 69.7 Å². The van der Waals surface area contributed by atoms with E-state index in [1.165, 1.54) is 5.56 Å². The fourth-order valence-corrected chi connectivity index (χ4v) is 2.07. The molecular weight excluding hydrogens is 332 g/mol. The Bertz CT molecular complexity index is 630. The Morgan fingerprint density at radius 3 is 2.10 bits per heavy atom. The maximum Gasteiger partial charge on any atom is 0.338 e. The summed E-state index contributed by atoms with van der Waals surface area (Å²) in [4.78, 5) is 23.8. The maximum absolute atomic E-state index is 11.9. The second-order valence-corrected chi connectivity index (χ2v) is 5.47. The van der Waals surface area contributed by atoms with Crippen LogP contribution in [0, 0.1) is 0 Å². The molecular formula is C17H15BrO3. The number of carbonyl (C=O) groups is 2. The van der Waals surface area contributed by atoms with E-state index in [2.05, 4.69) is 22.9 Å². The zero-order valence-corrected chi connectivity index (χ0v) is 13.2. The molecule has 0 amide bonds. The number of hydrogen-bond donors (Lipinski definition) is 0. The van der Waals surface area contributed by atoms with Crippen molar-refractivity contribution >= 4 is 27.7 Å². The third-order valence-corrected chi connectivity index (χ3v) is 3.63. The van der Waals surface area contributed by atoms with Crippen LogP contribution in [0.2, 0.25) is 0 Å². The molecule has 0 saturated carbocycles. The van der Waals surface area contributed by atoms with Crippen molar-refractivity contribution in [3.63, 3.8) is 0 Å². The molecule has 0 unspecified atom stereocenters. The average molecular weight is 347 g/mol. The van der Waals surface area contributed by atoms with Gasteiger partial charge in [-0.15, -0.1) is 0 Å². The van der Waals surface area contributed by atoms with Gasteiger partial charge in [-0.25, -0.2) is 4.79 Å². The first kappa shape index (κ1) is 15.4. The Kier molecular flexibility index (Phi) is 5.28. The summed E-state index contributed by atoms with van der Waals surface area (Å²) < 4.78 is 5.92. The van der Waals surface area contributed by atoms with Crippen molar-refractivity contribution in [2.24, 2.45) is 0 Å². The molecule has 0 atom stereocenters. The summed E-state index contributed by atoms with van der Waals surface area (Å²) in [6, 6.07) is 14.1. The van der Waals surface area contributed by atoms with Gasteiger partial charge in [-0.05, 0) is 36.2 Å². The van der Waals surface area contributed by atoms with Crippen molar-refractivity contribution in [2.75, 3.05) is 6.61 Å². The molecule has 108 valence electrons. The van der Waals surface area contributed by atoms with E-state index in [0.29, 0.717) is 11.1 Å². The van der Waals surface area contributed by atoms with E-state index < -0.39 is 5.97 Å². The van der Waals surface area contributed by atoms with Crippen LogP contribution in [0.5, 0.6) is 0 Å². The summed E-state index contributed by atoms with van der Waals surface area (Å²) in [6.07, 6.45) is 0.924. The lowest BCUT2D eigenvalue weighted by atomic mass is 10.1. The van der Waals surface area contributed by atoms with Gasteiger partial charge in [0.2, 0.25) is 0 Å². The normalized spacial score (nSPS) is 10.2. The van der Waals surface area contributed by atoms with E-state index in [1.807, 2.05) is 12.1 Å². The molecule has 4 heteroatoms. The lowest BCUT2D eigenvalue weighted by Crippen LogP contribution is -2.14. The van der Waals surface area contributed by atoms with Gasteiger partial charge in [-0.2, -0.15) is 0 Å². The first-order valence-electron chi connectivity index (χ1n) is 6.65. The molecule has 0 N–H and O–H groups in total. The van der Waals surface area contributed by atoms with Gasteiger partial charge < -0.3 is 4.74 Å². The van der Waals surface area contributed by atoms with Crippen LogP contribution in [0.25, 0.3) is 0 Å². The van der Waals surface area contributed by atoms with Crippen LogP contribution in [0.15, 0.2) is 53.0 Å². The third-order valence-electron chi connectivity index (χ3n) is 3.10. The van der Waals surface area contributed by atoms with Crippen LogP contribution in [0.1, 0.15) is 33.2 Å². The highest BCUT2D eigenvalue weighted by atomic mass is 79.9. The number of ketones is 1. The summed E-state index contributed by atoms with van der Waals surface area (Å²) in [5.41, 5.74) is 2.14. The van der Waals surface area contributed by atoms with Crippen molar-refractivity contribution < 1.29 is 14.3 Å². The molecule has 0 aliphatic heterocycles. The smallest absolute Gasteiger partial charge is 0.338 e. The minimum atomic E-state index is -0.499. The zero-order valence-electron chi connectivity index (χ0n) is 11.6. The van der Waals surface area contributed by atoms with E-state index in [9.17, 15) is 9.59 Å². The van der Waals surface area contributed by atoms with E-state index >= 15 is 0 Å². The molecule has 21 heavy (non-hydrogen) atoms. The third kappa shape index (κ3) is 4.26. The van der Waals surface area contributed by atoms with Crippen LogP contribution in [0.4, 0.5) is 0 Å². The number of hydrogen-bond acceptors (Lipinski definition) is 3. The SMILES string of the molecule is CCc1ccc(C(=O)COC(=O)c2ccc(Br)cc2)cc1. The van der Waals surface area contributed by atoms with Gasteiger partial charge >= 0.3 is 5.97 Å². The first-order chi connectivity index (χ1) is 10.1. The lowest BCUT2D eigenvalue weighted by molar-refractivity contribution is 0.0474. The van der Waals surface area contributed by atoms with Crippen LogP contribution < -0.4 is 0 Å². The molecule has 0 aliphatic rings. The fourth-order valence-electron chi connectivity index (χ4n) is 1.81. The van der Waals surface area contributed by atoms with Crippen LogP contribution in [0.3, 0.4) is 0 Å². The Morgan fingerprint density at radius 1 is 0.952 bits per heavy atom. The molecule has 2 rings (SSSR count). The maximum atomic E-state index is 11.9. The molecule has 0 radical (unpaired) electrons. The number of rotatable bonds is 5. The van der Waals surface area contributed by atoms with Gasteiger partial charge in [-0.1, -0.05) is 47.1 Å².